The van der Waals surface area contributed by atoms with Gasteiger partial charge in [-0.1, -0.05) is 13.5 Å². The van der Waals surface area contributed by atoms with Crippen molar-refractivity contribution in [2.75, 3.05) is 13.3 Å². The molecule has 0 bridgehead atoms. The second kappa shape index (κ2) is 3.06. The normalized spacial score (nSPS) is 17.2. The molecule has 0 amide bonds. The van der Waals surface area contributed by atoms with Gasteiger partial charge in [-0.15, -0.1) is 0 Å². The maximum Gasteiger partial charge on any atom is 0.224 e. The standard InChI is InChI=1S/C5H11O2P/c1-4-8(6,5-2)7-3/h4H,1,5H2,2-3H3. The minimum absolute atomic E-state index is 0.535. The molecule has 0 aromatic rings. The maximum absolute atomic E-state index is 11.0. The smallest absolute Gasteiger partial charge is 0.224 e. The van der Waals surface area contributed by atoms with Crippen LogP contribution in [0.1, 0.15) is 6.92 Å². The number of hydrogen-bond donors (Lipinski definition) is 0. The van der Waals surface area contributed by atoms with Crippen LogP contribution in [-0.2, 0) is 9.09 Å². The van der Waals surface area contributed by atoms with E-state index in [1.807, 2.05) is 6.92 Å². The summed E-state index contributed by atoms with van der Waals surface area (Å²) in [4.78, 5) is 0. The van der Waals surface area contributed by atoms with Gasteiger partial charge in [-0.3, -0.25) is 4.57 Å². The van der Waals surface area contributed by atoms with Gasteiger partial charge in [-0.2, -0.15) is 0 Å². The fraction of sp³-hybridized carbons (Fsp3) is 0.600. The Labute approximate surface area is 50.0 Å². The summed E-state index contributed by atoms with van der Waals surface area (Å²) in [6.07, 6.45) is 0.535. The van der Waals surface area contributed by atoms with Gasteiger partial charge in [0, 0.05) is 13.3 Å². The van der Waals surface area contributed by atoms with Crippen LogP contribution in [0, 0.1) is 0 Å². The highest BCUT2D eigenvalue weighted by atomic mass is 31.2. The molecule has 0 rings (SSSR count). The first-order chi connectivity index (χ1) is 3.68. The average Bonchev–Trinajstić information content (AvgIpc) is 1.87. The van der Waals surface area contributed by atoms with Gasteiger partial charge in [0.25, 0.3) is 0 Å². The van der Waals surface area contributed by atoms with Crippen LogP contribution < -0.4 is 0 Å². The van der Waals surface area contributed by atoms with Gasteiger partial charge in [0.05, 0.1) is 0 Å². The van der Waals surface area contributed by atoms with Gasteiger partial charge in [0.15, 0.2) is 0 Å². The van der Waals surface area contributed by atoms with Crippen LogP contribution in [0.15, 0.2) is 12.4 Å². The fourth-order valence-electron chi connectivity index (χ4n) is 0.333. The number of hydrogen-bond acceptors (Lipinski definition) is 2. The first-order valence-corrected chi connectivity index (χ1v) is 4.34. The highest BCUT2D eigenvalue weighted by Crippen LogP contribution is 2.46. The van der Waals surface area contributed by atoms with Crippen LogP contribution in [0.25, 0.3) is 0 Å². The first kappa shape index (κ1) is 7.93. The van der Waals surface area contributed by atoms with E-state index in [-0.39, 0.29) is 0 Å². The zero-order valence-electron chi connectivity index (χ0n) is 5.26. The average molecular weight is 134 g/mol. The monoisotopic (exact) mass is 134 g/mol. The fourth-order valence-corrected chi connectivity index (χ4v) is 0.998. The lowest BCUT2D eigenvalue weighted by Crippen LogP contribution is -1.81. The van der Waals surface area contributed by atoms with Gasteiger partial charge in [0.1, 0.15) is 0 Å². The van der Waals surface area contributed by atoms with E-state index in [2.05, 4.69) is 11.1 Å². The van der Waals surface area contributed by atoms with E-state index in [0.717, 1.165) is 0 Å². The Bertz CT molecular complexity index is 112. The molecule has 2 nitrogen and oxygen atoms in total. The summed E-state index contributed by atoms with van der Waals surface area (Å²) in [5.41, 5.74) is 0. The van der Waals surface area contributed by atoms with Gasteiger partial charge in [-0.05, 0) is 5.82 Å². The second-order valence-electron chi connectivity index (χ2n) is 1.41. The Morgan fingerprint density at radius 1 is 1.88 bits per heavy atom. The molecule has 3 heteroatoms. The predicted molar refractivity (Wildman–Crippen MR) is 35.4 cm³/mol. The van der Waals surface area contributed by atoms with Crippen molar-refractivity contribution in [3.63, 3.8) is 0 Å². The van der Waals surface area contributed by atoms with Gasteiger partial charge < -0.3 is 4.52 Å². The van der Waals surface area contributed by atoms with E-state index in [1.54, 1.807) is 0 Å². The Morgan fingerprint density at radius 2 is 2.38 bits per heavy atom. The summed E-state index contributed by atoms with van der Waals surface area (Å²) < 4.78 is 15.7. The summed E-state index contributed by atoms with van der Waals surface area (Å²) in [7, 11) is -0.962. The molecule has 0 aromatic heterocycles. The zero-order chi connectivity index (χ0) is 6.62. The van der Waals surface area contributed by atoms with Crippen LogP contribution in [0.2, 0.25) is 0 Å². The van der Waals surface area contributed by atoms with Crippen molar-refractivity contribution < 1.29 is 9.09 Å². The Morgan fingerprint density at radius 3 is 2.38 bits per heavy atom. The van der Waals surface area contributed by atoms with Crippen molar-refractivity contribution >= 4 is 7.37 Å². The van der Waals surface area contributed by atoms with Crippen molar-refractivity contribution in [3.8, 4) is 0 Å². The van der Waals surface area contributed by atoms with Crippen molar-refractivity contribution in [1.29, 1.82) is 0 Å². The number of rotatable bonds is 3. The highest BCUT2D eigenvalue weighted by molar-refractivity contribution is 7.62. The molecule has 1 atom stereocenters. The van der Waals surface area contributed by atoms with Crippen LogP contribution in [0.5, 0.6) is 0 Å². The van der Waals surface area contributed by atoms with Crippen LogP contribution >= 0.6 is 7.37 Å². The molecule has 0 saturated carbocycles. The molecule has 0 N–H and O–H groups in total. The molecule has 0 aliphatic heterocycles. The minimum atomic E-state index is -2.40. The summed E-state index contributed by atoms with van der Waals surface area (Å²) in [5, 5.41) is 0. The minimum Gasteiger partial charge on any atom is -0.329 e. The van der Waals surface area contributed by atoms with Crippen molar-refractivity contribution in [2.24, 2.45) is 0 Å². The maximum atomic E-state index is 11.0. The van der Waals surface area contributed by atoms with Crippen molar-refractivity contribution in [3.05, 3.63) is 12.4 Å². The van der Waals surface area contributed by atoms with Crippen LogP contribution in [0.4, 0.5) is 0 Å². The van der Waals surface area contributed by atoms with Gasteiger partial charge >= 0.3 is 0 Å². The lowest BCUT2D eigenvalue weighted by Gasteiger charge is -2.05. The lowest BCUT2D eigenvalue weighted by atomic mass is 11.0. The molecule has 48 valence electrons. The zero-order valence-corrected chi connectivity index (χ0v) is 6.15. The Balaban J connectivity index is 3.99. The van der Waals surface area contributed by atoms with E-state index < -0.39 is 7.37 Å². The van der Waals surface area contributed by atoms with Gasteiger partial charge in [-0.25, -0.2) is 0 Å². The lowest BCUT2D eigenvalue weighted by molar-refractivity contribution is 0.403. The molecule has 0 heterocycles. The quantitative estimate of drug-likeness (QED) is 0.552. The molecular formula is C5H11O2P. The highest BCUT2D eigenvalue weighted by Gasteiger charge is 2.10. The van der Waals surface area contributed by atoms with E-state index in [0.29, 0.717) is 6.16 Å². The second-order valence-corrected chi connectivity index (χ2v) is 4.22. The van der Waals surface area contributed by atoms with E-state index in [1.165, 1.54) is 12.9 Å². The van der Waals surface area contributed by atoms with E-state index in [4.69, 9.17) is 0 Å². The van der Waals surface area contributed by atoms with Crippen LogP contribution in [-0.4, -0.2) is 13.3 Å². The predicted octanol–water partition coefficient (Wildman–Crippen LogP) is 2.07. The van der Waals surface area contributed by atoms with E-state index in [9.17, 15) is 4.57 Å². The van der Waals surface area contributed by atoms with Crippen LogP contribution in [0.3, 0.4) is 0 Å². The summed E-state index contributed by atoms with van der Waals surface area (Å²) in [6, 6.07) is 0. The van der Waals surface area contributed by atoms with Gasteiger partial charge in [0.2, 0.25) is 7.37 Å². The summed E-state index contributed by atoms with van der Waals surface area (Å²) >= 11 is 0. The molecule has 1 unspecified atom stereocenters. The summed E-state index contributed by atoms with van der Waals surface area (Å²) in [5.74, 6) is 1.38. The molecular weight excluding hydrogens is 123 g/mol. The Hall–Kier alpha value is -0.0700. The third-order valence-electron chi connectivity index (χ3n) is 1.03. The summed E-state index contributed by atoms with van der Waals surface area (Å²) in [6.45, 7) is 5.20. The largest absolute Gasteiger partial charge is 0.329 e. The molecule has 0 radical (unpaired) electrons. The molecule has 0 fully saturated rings. The van der Waals surface area contributed by atoms with E-state index >= 15 is 0 Å². The third kappa shape index (κ3) is 1.81. The Kier molecular flexibility index (Phi) is 3.03. The van der Waals surface area contributed by atoms with Crippen molar-refractivity contribution in [2.45, 2.75) is 6.92 Å². The molecule has 0 saturated heterocycles. The molecule has 8 heavy (non-hydrogen) atoms. The SMILES string of the molecule is C=CP(=O)(CC)OC. The molecule has 0 aromatic carbocycles. The first-order valence-electron chi connectivity index (χ1n) is 2.46. The third-order valence-corrected chi connectivity index (χ3v) is 3.08. The molecule has 0 aliphatic carbocycles. The topological polar surface area (TPSA) is 26.3 Å². The van der Waals surface area contributed by atoms with Crippen molar-refractivity contribution in [1.82, 2.24) is 0 Å². The molecule has 0 spiro atoms. The molecule has 0 aliphatic rings.